The zero-order valence-electron chi connectivity index (χ0n) is 15.6. The Morgan fingerprint density at radius 2 is 1.79 bits per heavy atom. The quantitative estimate of drug-likeness (QED) is 0.613. The number of hydrogen-bond acceptors (Lipinski definition) is 4. The summed E-state index contributed by atoms with van der Waals surface area (Å²) in [5.41, 5.74) is -0.211. The summed E-state index contributed by atoms with van der Waals surface area (Å²) in [6.45, 7) is 7.23. The van der Waals surface area contributed by atoms with Gasteiger partial charge in [-0.05, 0) is 38.7 Å². The van der Waals surface area contributed by atoms with E-state index in [4.69, 9.17) is 0 Å². The second-order valence-electron chi connectivity index (χ2n) is 7.27. The third-order valence-electron chi connectivity index (χ3n) is 5.09. The van der Waals surface area contributed by atoms with E-state index in [-0.39, 0.29) is 30.2 Å². The minimum absolute atomic E-state index is 0.0975. The number of Topliss-reactive ketones (excluding diaryl/α,β-unsaturated/α-hetero) is 3. The van der Waals surface area contributed by atoms with Crippen LogP contribution in [0, 0.1) is 5.92 Å². The van der Waals surface area contributed by atoms with Crippen molar-refractivity contribution in [2.45, 2.75) is 91.1 Å². The van der Waals surface area contributed by atoms with Crippen molar-refractivity contribution >= 4 is 17.3 Å². The topological polar surface area (TPSA) is 71.4 Å². The Labute approximate surface area is 145 Å². The van der Waals surface area contributed by atoms with Gasteiger partial charge >= 0.3 is 0 Å². The van der Waals surface area contributed by atoms with E-state index in [1.807, 2.05) is 6.92 Å². The molecule has 1 N–H and O–H groups in total. The lowest BCUT2D eigenvalue weighted by Crippen LogP contribution is -2.47. The van der Waals surface area contributed by atoms with Crippen molar-refractivity contribution in [3.8, 4) is 0 Å². The molecule has 0 radical (unpaired) electrons. The highest BCUT2D eigenvalue weighted by Crippen LogP contribution is 2.38. The molecule has 2 atom stereocenters. The second-order valence-corrected chi connectivity index (χ2v) is 7.27. The smallest absolute Gasteiger partial charge is 0.190 e. The van der Waals surface area contributed by atoms with Crippen LogP contribution in [0.5, 0.6) is 0 Å². The van der Waals surface area contributed by atoms with Gasteiger partial charge in [-0.25, -0.2) is 0 Å². The number of ketones is 3. The predicted molar refractivity (Wildman–Crippen MR) is 94.7 cm³/mol. The van der Waals surface area contributed by atoms with Crippen LogP contribution in [0.15, 0.2) is 11.1 Å². The number of allylic oxidation sites excluding steroid dienone is 1. The summed E-state index contributed by atoms with van der Waals surface area (Å²) >= 11 is 0. The van der Waals surface area contributed by atoms with Gasteiger partial charge < -0.3 is 5.11 Å². The van der Waals surface area contributed by atoms with Crippen LogP contribution in [0.25, 0.3) is 0 Å². The lowest BCUT2D eigenvalue weighted by molar-refractivity contribution is -0.140. The second kappa shape index (κ2) is 9.26. The van der Waals surface area contributed by atoms with Crippen molar-refractivity contribution in [2.24, 2.45) is 5.92 Å². The van der Waals surface area contributed by atoms with Crippen LogP contribution in [0.2, 0.25) is 0 Å². The molecular formula is C20H32O4. The molecule has 0 aromatic carbocycles. The van der Waals surface area contributed by atoms with Gasteiger partial charge in [0.25, 0.3) is 0 Å². The van der Waals surface area contributed by atoms with Gasteiger partial charge in [0.15, 0.2) is 5.78 Å². The van der Waals surface area contributed by atoms with Crippen LogP contribution < -0.4 is 0 Å². The molecule has 1 rings (SSSR count). The third-order valence-corrected chi connectivity index (χ3v) is 5.09. The van der Waals surface area contributed by atoms with Crippen molar-refractivity contribution in [2.75, 3.05) is 0 Å². The zero-order valence-corrected chi connectivity index (χ0v) is 15.6. The molecule has 0 aromatic heterocycles. The van der Waals surface area contributed by atoms with Gasteiger partial charge in [0.05, 0.1) is 0 Å². The highest BCUT2D eigenvalue weighted by atomic mass is 16.3. The summed E-state index contributed by atoms with van der Waals surface area (Å²) in [5, 5.41) is 10.6. The van der Waals surface area contributed by atoms with Gasteiger partial charge in [-0.3, -0.25) is 14.4 Å². The molecule has 4 heteroatoms. The first-order chi connectivity index (χ1) is 11.2. The Kier molecular flexibility index (Phi) is 8.01. The number of carbonyl (C=O) groups excluding carboxylic acids is 3. The normalized spacial score (nSPS) is 24.4. The van der Waals surface area contributed by atoms with Gasteiger partial charge in [-0.1, -0.05) is 32.3 Å². The third kappa shape index (κ3) is 5.37. The molecule has 0 saturated heterocycles. The summed E-state index contributed by atoms with van der Waals surface area (Å²) in [7, 11) is 0. The Morgan fingerprint density at radius 3 is 2.38 bits per heavy atom. The van der Waals surface area contributed by atoms with E-state index in [1.165, 1.54) is 6.92 Å². The molecule has 0 bridgehead atoms. The van der Waals surface area contributed by atoms with Crippen molar-refractivity contribution in [3.63, 3.8) is 0 Å². The molecule has 136 valence electrons. The Balaban J connectivity index is 2.84. The molecule has 0 fully saturated rings. The molecule has 0 heterocycles. The van der Waals surface area contributed by atoms with Gasteiger partial charge in [0.2, 0.25) is 0 Å². The van der Waals surface area contributed by atoms with E-state index in [2.05, 4.69) is 6.92 Å². The lowest BCUT2D eigenvalue weighted by Gasteiger charge is -2.37. The molecule has 0 aromatic rings. The molecular weight excluding hydrogens is 304 g/mol. The monoisotopic (exact) mass is 336 g/mol. The van der Waals surface area contributed by atoms with Crippen molar-refractivity contribution in [1.82, 2.24) is 0 Å². The number of aliphatic hydroxyl groups is 1. The van der Waals surface area contributed by atoms with Gasteiger partial charge in [0, 0.05) is 31.6 Å². The Hall–Kier alpha value is -1.29. The number of unbranched alkanes of at least 4 members (excludes halogenated alkanes) is 2. The van der Waals surface area contributed by atoms with Crippen LogP contribution in [0.4, 0.5) is 0 Å². The molecule has 2 unspecified atom stereocenters. The molecule has 4 nitrogen and oxygen atoms in total. The van der Waals surface area contributed by atoms with E-state index < -0.39 is 11.5 Å². The fourth-order valence-electron chi connectivity index (χ4n) is 3.40. The average molecular weight is 336 g/mol. The molecule has 1 aliphatic carbocycles. The Morgan fingerprint density at radius 1 is 1.12 bits per heavy atom. The van der Waals surface area contributed by atoms with E-state index in [0.717, 1.165) is 31.3 Å². The Bertz CT molecular complexity index is 514. The first kappa shape index (κ1) is 20.8. The molecule has 0 spiro atoms. The largest absolute Gasteiger partial charge is 0.382 e. The number of hydrogen-bond donors (Lipinski definition) is 1. The number of carbonyl (C=O) groups is 3. The van der Waals surface area contributed by atoms with Crippen molar-refractivity contribution in [3.05, 3.63) is 11.1 Å². The molecule has 0 saturated carbocycles. The maximum atomic E-state index is 12.5. The summed E-state index contributed by atoms with van der Waals surface area (Å²) in [6, 6.07) is 0. The SMILES string of the molecule is CCCCCC(=O)CC1CC(CC(=O)CCC)=C(C)C(=O)C1(C)O. The van der Waals surface area contributed by atoms with Crippen molar-refractivity contribution in [1.29, 1.82) is 0 Å². The fraction of sp³-hybridized carbons (Fsp3) is 0.750. The summed E-state index contributed by atoms with van der Waals surface area (Å²) in [6.07, 6.45) is 5.65. The predicted octanol–water partition coefficient (Wildman–Crippen LogP) is 3.94. The minimum atomic E-state index is -1.51. The fourth-order valence-corrected chi connectivity index (χ4v) is 3.40. The van der Waals surface area contributed by atoms with Gasteiger partial charge in [0.1, 0.15) is 17.2 Å². The minimum Gasteiger partial charge on any atom is -0.382 e. The summed E-state index contributed by atoms with van der Waals surface area (Å²) in [4.78, 5) is 36.7. The molecule has 1 aliphatic rings. The van der Waals surface area contributed by atoms with E-state index in [1.54, 1.807) is 6.92 Å². The highest BCUT2D eigenvalue weighted by Gasteiger charge is 2.44. The van der Waals surface area contributed by atoms with Crippen molar-refractivity contribution < 1.29 is 19.5 Å². The van der Waals surface area contributed by atoms with Crippen LogP contribution in [0.1, 0.15) is 85.5 Å². The first-order valence-corrected chi connectivity index (χ1v) is 9.23. The van der Waals surface area contributed by atoms with Crippen LogP contribution >= 0.6 is 0 Å². The van der Waals surface area contributed by atoms with Gasteiger partial charge in [-0.2, -0.15) is 0 Å². The average Bonchev–Trinajstić information content (AvgIpc) is 2.51. The number of rotatable bonds is 10. The lowest BCUT2D eigenvalue weighted by atomic mass is 9.70. The van der Waals surface area contributed by atoms with Gasteiger partial charge in [-0.15, -0.1) is 0 Å². The molecule has 0 amide bonds. The standard InChI is InChI=1S/C20H32O4/c1-5-7-8-10-18(22)13-16-11-15(12-17(21)9-6-2)14(3)19(23)20(16,4)24/h16,24H,5-13H2,1-4H3. The van der Waals surface area contributed by atoms with Crippen LogP contribution in [-0.2, 0) is 14.4 Å². The van der Waals surface area contributed by atoms with Crippen LogP contribution in [-0.4, -0.2) is 28.1 Å². The summed E-state index contributed by atoms with van der Waals surface area (Å²) in [5.74, 6) is -0.541. The molecule has 24 heavy (non-hydrogen) atoms. The van der Waals surface area contributed by atoms with E-state index >= 15 is 0 Å². The first-order valence-electron chi connectivity index (χ1n) is 9.23. The van der Waals surface area contributed by atoms with E-state index in [0.29, 0.717) is 24.8 Å². The zero-order chi connectivity index (χ0) is 18.3. The highest BCUT2D eigenvalue weighted by molar-refractivity contribution is 6.04. The van der Waals surface area contributed by atoms with E-state index in [9.17, 15) is 19.5 Å². The maximum Gasteiger partial charge on any atom is 0.190 e. The maximum absolute atomic E-state index is 12.5. The summed E-state index contributed by atoms with van der Waals surface area (Å²) < 4.78 is 0. The molecule has 0 aliphatic heterocycles. The van der Waals surface area contributed by atoms with Crippen LogP contribution in [0.3, 0.4) is 0 Å².